The monoisotopic (exact) mass is 225 g/mol. The van der Waals surface area contributed by atoms with Gasteiger partial charge in [-0.05, 0) is 17.9 Å². The molecule has 3 heteroatoms. The lowest BCUT2D eigenvalue weighted by molar-refractivity contribution is -0.124. The van der Waals surface area contributed by atoms with Crippen LogP contribution in [-0.4, -0.2) is 5.91 Å². The molecule has 1 heterocycles. The van der Waals surface area contributed by atoms with Gasteiger partial charge in [0.05, 0.1) is 6.04 Å². The highest BCUT2D eigenvalue weighted by Gasteiger charge is 2.16. The third kappa shape index (κ3) is 3.67. The summed E-state index contributed by atoms with van der Waals surface area (Å²) < 4.78 is 0. The molecule has 0 saturated carbocycles. The minimum Gasteiger partial charge on any atom is -0.348 e. The molecule has 0 aliphatic carbocycles. The lowest BCUT2D eigenvalue weighted by Crippen LogP contribution is -2.31. The van der Waals surface area contributed by atoms with Crippen molar-refractivity contribution in [2.45, 2.75) is 39.7 Å². The van der Waals surface area contributed by atoms with E-state index in [1.54, 1.807) is 11.3 Å². The molecule has 1 aromatic heterocycles. The molecule has 0 bridgehead atoms. The molecule has 0 aliphatic heterocycles. The first-order valence-electron chi connectivity index (χ1n) is 5.49. The molecule has 1 aromatic rings. The second kappa shape index (κ2) is 5.91. The van der Waals surface area contributed by atoms with E-state index in [0.29, 0.717) is 0 Å². The van der Waals surface area contributed by atoms with Gasteiger partial charge in [0.25, 0.3) is 0 Å². The number of nitrogens with one attached hydrogen (secondary N) is 1. The van der Waals surface area contributed by atoms with Gasteiger partial charge in [0, 0.05) is 10.8 Å². The smallest absolute Gasteiger partial charge is 0.223 e. The largest absolute Gasteiger partial charge is 0.348 e. The third-order valence-corrected chi connectivity index (χ3v) is 3.29. The second-order valence-corrected chi connectivity index (χ2v) is 5.00. The maximum absolute atomic E-state index is 11.6. The Morgan fingerprint density at radius 3 is 2.73 bits per heavy atom. The SMILES string of the molecule is CCCC(NC(=O)C(C)C)c1cccs1. The maximum atomic E-state index is 11.6. The van der Waals surface area contributed by atoms with Gasteiger partial charge in [0.1, 0.15) is 0 Å². The zero-order valence-corrected chi connectivity index (χ0v) is 10.4. The predicted molar refractivity (Wildman–Crippen MR) is 64.9 cm³/mol. The lowest BCUT2D eigenvalue weighted by atomic mass is 10.1. The highest BCUT2D eigenvalue weighted by Crippen LogP contribution is 2.23. The van der Waals surface area contributed by atoms with Crippen LogP contribution >= 0.6 is 11.3 Å². The highest BCUT2D eigenvalue weighted by atomic mass is 32.1. The maximum Gasteiger partial charge on any atom is 0.223 e. The van der Waals surface area contributed by atoms with Crippen LogP contribution in [0.3, 0.4) is 0 Å². The van der Waals surface area contributed by atoms with Crippen LogP contribution in [0.25, 0.3) is 0 Å². The number of amides is 1. The number of thiophene rings is 1. The number of hydrogen-bond acceptors (Lipinski definition) is 2. The molecule has 0 saturated heterocycles. The number of hydrogen-bond donors (Lipinski definition) is 1. The third-order valence-electron chi connectivity index (χ3n) is 2.30. The zero-order valence-electron chi connectivity index (χ0n) is 9.62. The van der Waals surface area contributed by atoms with Gasteiger partial charge < -0.3 is 5.32 Å². The molecule has 0 fully saturated rings. The van der Waals surface area contributed by atoms with E-state index in [9.17, 15) is 4.79 Å². The van der Waals surface area contributed by atoms with Crippen molar-refractivity contribution in [2.75, 3.05) is 0 Å². The molecule has 0 aromatic carbocycles. The Balaban J connectivity index is 2.63. The van der Waals surface area contributed by atoms with Crippen LogP contribution in [-0.2, 0) is 4.79 Å². The standard InChI is InChI=1S/C12H19NOS/c1-4-6-10(11-7-5-8-15-11)13-12(14)9(2)3/h5,7-10H,4,6H2,1-3H3,(H,13,14). The molecule has 0 spiro atoms. The Hall–Kier alpha value is -0.830. The molecule has 1 rings (SSSR count). The first-order valence-corrected chi connectivity index (χ1v) is 6.37. The topological polar surface area (TPSA) is 29.1 Å². The van der Waals surface area contributed by atoms with Gasteiger partial charge in [-0.3, -0.25) is 4.79 Å². The van der Waals surface area contributed by atoms with E-state index in [0.717, 1.165) is 12.8 Å². The Bertz CT molecular complexity index is 293. The van der Waals surface area contributed by atoms with Crippen LogP contribution in [0.1, 0.15) is 44.5 Å². The van der Waals surface area contributed by atoms with E-state index < -0.39 is 0 Å². The van der Waals surface area contributed by atoms with E-state index in [2.05, 4.69) is 23.7 Å². The van der Waals surface area contributed by atoms with Crippen LogP contribution in [0.4, 0.5) is 0 Å². The van der Waals surface area contributed by atoms with Gasteiger partial charge in [-0.25, -0.2) is 0 Å². The van der Waals surface area contributed by atoms with Crippen molar-refractivity contribution in [1.82, 2.24) is 5.32 Å². The van der Waals surface area contributed by atoms with E-state index >= 15 is 0 Å². The average molecular weight is 225 g/mol. The molecule has 0 aliphatic rings. The van der Waals surface area contributed by atoms with E-state index in [4.69, 9.17) is 0 Å². The van der Waals surface area contributed by atoms with Gasteiger partial charge in [-0.15, -0.1) is 11.3 Å². The van der Waals surface area contributed by atoms with Crippen molar-refractivity contribution >= 4 is 17.2 Å². The Kier molecular flexibility index (Phi) is 4.82. The number of carbonyl (C=O) groups excluding carboxylic acids is 1. The normalized spacial score (nSPS) is 12.8. The molecule has 15 heavy (non-hydrogen) atoms. The first-order chi connectivity index (χ1) is 7.15. The summed E-state index contributed by atoms with van der Waals surface area (Å²) in [6, 6.07) is 4.32. The fourth-order valence-electron chi connectivity index (χ4n) is 1.40. The summed E-state index contributed by atoms with van der Waals surface area (Å²) in [4.78, 5) is 12.9. The summed E-state index contributed by atoms with van der Waals surface area (Å²) in [5, 5.41) is 5.15. The molecule has 1 unspecified atom stereocenters. The molecular formula is C12H19NOS. The van der Waals surface area contributed by atoms with E-state index in [1.165, 1.54) is 4.88 Å². The summed E-state index contributed by atoms with van der Waals surface area (Å²) in [6.45, 7) is 5.99. The van der Waals surface area contributed by atoms with Crippen molar-refractivity contribution in [3.63, 3.8) is 0 Å². The van der Waals surface area contributed by atoms with Crippen molar-refractivity contribution in [3.8, 4) is 0 Å². The minimum atomic E-state index is 0.0596. The van der Waals surface area contributed by atoms with Crippen molar-refractivity contribution in [1.29, 1.82) is 0 Å². The Morgan fingerprint density at radius 1 is 1.53 bits per heavy atom. The lowest BCUT2D eigenvalue weighted by Gasteiger charge is -2.18. The van der Waals surface area contributed by atoms with Crippen molar-refractivity contribution < 1.29 is 4.79 Å². The molecular weight excluding hydrogens is 206 g/mol. The van der Waals surface area contributed by atoms with Gasteiger partial charge in [-0.2, -0.15) is 0 Å². The summed E-state index contributed by atoms with van der Waals surface area (Å²) in [5.41, 5.74) is 0. The van der Waals surface area contributed by atoms with Crippen molar-refractivity contribution in [2.24, 2.45) is 5.92 Å². The van der Waals surface area contributed by atoms with Gasteiger partial charge in [-0.1, -0.05) is 33.3 Å². The first kappa shape index (κ1) is 12.2. The van der Waals surface area contributed by atoms with Crippen LogP contribution in [0.2, 0.25) is 0 Å². The highest BCUT2D eigenvalue weighted by molar-refractivity contribution is 7.10. The zero-order chi connectivity index (χ0) is 11.3. The summed E-state index contributed by atoms with van der Waals surface area (Å²) in [5.74, 6) is 0.200. The quantitative estimate of drug-likeness (QED) is 0.818. The number of carbonyl (C=O) groups is 1. The van der Waals surface area contributed by atoms with E-state index in [1.807, 2.05) is 19.9 Å². The minimum absolute atomic E-state index is 0.0596. The van der Waals surface area contributed by atoms with Gasteiger partial charge >= 0.3 is 0 Å². The fourth-order valence-corrected chi connectivity index (χ4v) is 2.21. The molecule has 0 radical (unpaired) electrons. The molecule has 84 valence electrons. The molecule has 1 amide bonds. The van der Waals surface area contributed by atoms with Crippen LogP contribution < -0.4 is 5.32 Å². The Morgan fingerprint density at radius 2 is 2.27 bits per heavy atom. The molecule has 2 nitrogen and oxygen atoms in total. The molecule has 1 atom stereocenters. The van der Waals surface area contributed by atoms with Gasteiger partial charge in [0.2, 0.25) is 5.91 Å². The summed E-state index contributed by atoms with van der Waals surface area (Å²) in [6.07, 6.45) is 2.10. The van der Waals surface area contributed by atoms with Crippen LogP contribution in [0.15, 0.2) is 17.5 Å². The summed E-state index contributed by atoms with van der Waals surface area (Å²) in [7, 11) is 0. The van der Waals surface area contributed by atoms with Crippen LogP contribution in [0.5, 0.6) is 0 Å². The van der Waals surface area contributed by atoms with Gasteiger partial charge in [0.15, 0.2) is 0 Å². The van der Waals surface area contributed by atoms with Crippen LogP contribution in [0, 0.1) is 5.92 Å². The molecule has 1 N–H and O–H groups in total. The number of rotatable bonds is 5. The predicted octanol–water partition coefficient (Wildman–Crippen LogP) is 3.36. The summed E-state index contributed by atoms with van der Waals surface area (Å²) >= 11 is 1.71. The fraction of sp³-hybridized carbons (Fsp3) is 0.583. The van der Waals surface area contributed by atoms with Crippen molar-refractivity contribution in [3.05, 3.63) is 22.4 Å². The average Bonchev–Trinajstić information content (AvgIpc) is 2.69. The second-order valence-electron chi connectivity index (χ2n) is 4.02. The Labute approximate surface area is 95.7 Å². The van der Waals surface area contributed by atoms with E-state index in [-0.39, 0.29) is 17.9 Å².